The van der Waals surface area contributed by atoms with Crippen molar-refractivity contribution in [2.75, 3.05) is 6.54 Å². The molecule has 1 aliphatic rings. The van der Waals surface area contributed by atoms with E-state index in [0.29, 0.717) is 17.7 Å². The van der Waals surface area contributed by atoms with Crippen molar-refractivity contribution < 1.29 is 9.32 Å². The molecule has 0 spiro atoms. The van der Waals surface area contributed by atoms with Gasteiger partial charge in [0.05, 0.1) is 17.7 Å². The SMILES string of the molecule is Cc1cc(C2CCCN2C(=O)c2cccc(C#N)c2)no1. The summed E-state index contributed by atoms with van der Waals surface area (Å²) < 4.78 is 5.12. The number of aryl methyl sites for hydroxylation is 1. The van der Waals surface area contributed by atoms with Crippen LogP contribution in [-0.4, -0.2) is 22.5 Å². The molecule has 3 rings (SSSR count). The Morgan fingerprint density at radius 1 is 1.48 bits per heavy atom. The fraction of sp³-hybridized carbons (Fsp3) is 0.312. The van der Waals surface area contributed by atoms with Gasteiger partial charge in [0.1, 0.15) is 11.5 Å². The molecule has 21 heavy (non-hydrogen) atoms. The fourth-order valence-electron chi connectivity index (χ4n) is 2.75. The smallest absolute Gasteiger partial charge is 0.254 e. The fourth-order valence-corrected chi connectivity index (χ4v) is 2.75. The third-order valence-corrected chi connectivity index (χ3v) is 3.74. The van der Waals surface area contributed by atoms with Crippen LogP contribution < -0.4 is 0 Å². The van der Waals surface area contributed by atoms with Gasteiger partial charge in [-0.15, -0.1) is 0 Å². The second-order valence-corrected chi connectivity index (χ2v) is 5.21. The normalized spacial score (nSPS) is 17.7. The summed E-state index contributed by atoms with van der Waals surface area (Å²) in [6.07, 6.45) is 1.83. The number of carbonyl (C=O) groups excluding carboxylic acids is 1. The summed E-state index contributed by atoms with van der Waals surface area (Å²) in [5.41, 5.74) is 1.84. The number of nitriles is 1. The minimum atomic E-state index is -0.0600. The number of carbonyl (C=O) groups is 1. The van der Waals surface area contributed by atoms with E-state index in [1.165, 1.54) is 0 Å². The van der Waals surface area contributed by atoms with Crippen molar-refractivity contribution in [3.05, 3.63) is 52.9 Å². The highest BCUT2D eigenvalue weighted by Gasteiger charge is 2.32. The molecule has 2 aromatic rings. The van der Waals surface area contributed by atoms with Gasteiger partial charge in [-0.05, 0) is 38.0 Å². The largest absolute Gasteiger partial charge is 0.361 e. The van der Waals surface area contributed by atoms with Gasteiger partial charge in [0, 0.05) is 18.2 Å². The van der Waals surface area contributed by atoms with E-state index >= 15 is 0 Å². The number of aromatic nitrogens is 1. The van der Waals surface area contributed by atoms with Crippen LogP contribution in [0.15, 0.2) is 34.9 Å². The van der Waals surface area contributed by atoms with Crippen LogP contribution in [0.4, 0.5) is 0 Å². The lowest BCUT2D eigenvalue weighted by Gasteiger charge is -2.23. The zero-order chi connectivity index (χ0) is 14.8. The van der Waals surface area contributed by atoms with Crippen LogP contribution in [0, 0.1) is 18.3 Å². The molecule has 0 N–H and O–H groups in total. The Balaban J connectivity index is 1.88. The first kappa shape index (κ1) is 13.4. The third-order valence-electron chi connectivity index (χ3n) is 3.74. The van der Waals surface area contributed by atoms with Crippen LogP contribution in [0.2, 0.25) is 0 Å². The van der Waals surface area contributed by atoms with Gasteiger partial charge < -0.3 is 9.42 Å². The molecule has 0 aliphatic carbocycles. The number of nitrogens with zero attached hydrogens (tertiary/aromatic N) is 3. The summed E-state index contributed by atoms with van der Waals surface area (Å²) >= 11 is 0. The quantitative estimate of drug-likeness (QED) is 0.848. The van der Waals surface area contributed by atoms with Crippen LogP contribution in [-0.2, 0) is 0 Å². The van der Waals surface area contributed by atoms with Crippen LogP contribution in [0.5, 0.6) is 0 Å². The summed E-state index contributed by atoms with van der Waals surface area (Å²) in [6.45, 7) is 2.54. The van der Waals surface area contributed by atoms with E-state index in [1.54, 1.807) is 24.3 Å². The predicted molar refractivity (Wildman–Crippen MR) is 75.4 cm³/mol. The Bertz CT molecular complexity index is 714. The predicted octanol–water partition coefficient (Wildman–Crippen LogP) is 2.83. The molecule has 0 radical (unpaired) electrons. The second kappa shape index (κ2) is 5.41. The molecular formula is C16H15N3O2. The summed E-state index contributed by atoms with van der Waals surface area (Å²) in [6, 6.07) is 10.7. The molecule has 2 heterocycles. The maximum atomic E-state index is 12.7. The Labute approximate surface area is 122 Å². The van der Waals surface area contributed by atoms with Crippen molar-refractivity contribution in [3.63, 3.8) is 0 Å². The average Bonchev–Trinajstić information content (AvgIpc) is 3.15. The molecule has 1 aromatic carbocycles. The maximum absolute atomic E-state index is 12.7. The van der Waals surface area contributed by atoms with Gasteiger partial charge in [0.25, 0.3) is 5.91 Å². The van der Waals surface area contributed by atoms with Crippen molar-refractivity contribution in [2.45, 2.75) is 25.8 Å². The van der Waals surface area contributed by atoms with E-state index in [0.717, 1.165) is 24.3 Å². The van der Waals surface area contributed by atoms with Gasteiger partial charge in [-0.2, -0.15) is 5.26 Å². The van der Waals surface area contributed by atoms with E-state index in [-0.39, 0.29) is 11.9 Å². The van der Waals surface area contributed by atoms with Crippen LogP contribution in [0.1, 0.15) is 46.3 Å². The summed E-state index contributed by atoms with van der Waals surface area (Å²) in [4.78, 5) is 14.5. The Kier molecular flexibility index (Phi) is 3.44. The Morgan fingerprint density at radius 3 is 3.05 bits per heavy atom. The standard InChI is InChI=1S/C16H15N3O2/c1-11-8-14(18-21-11)15-6-3-7-19(15)16(20)13-5-2-4-12(9-13)10-17/h2,4-5,8-9,15H,3,6-7H2,1H3. The number of likely N-dealkylation sites (tertiary alicyclic amines) is 1. The topological polar surface area (TPSA) is 70.1 Å². The minimum Gasteiger partial charge on any atom is -0.361 e. The molecule has 1 aromatic heterocycles. The summed E-state index contributed by atoms with van der Waals surface area (Å²) in [5.74, 6) is 0.686. The molecule has 1 atom stereocenters. The molecule has 106 valence electrons. The zero-order valence-electron chi connectivity index (χ0n) is 11.7. The van der Waals surface area contributed by atoms with Crippen molar-refractivity contribution in [1.29, 1.82) is 5.26 Å². The molecule has 1 saturated heterocycles. The summed E-state index contributed by atoms with van der Waals surface area (Å²) in [7, 11) is 0. The lowest BCUT2D eigenvalue weighted by atomic mass is 10.1. The van der Waals surface area contributed by atoms with Gasteiger partial charge in [-0.1, -0.05) is 11.2 Å². The van der Waals surface area contributed by atoms with Crippen molar-refractivity contribution >= 4 is 5.91 Å². The highest BCUT2D eigenvalue weighted by molar-refractivity contribution is 5.95. The first-order valence-corrected chi connectivity index (χ1v) is 6.93. The number of amides is 1. The monoisotopic (exact) mass is 281 g/mol. The van der Waals surface area contributed by atoms with E-state index in [4.69, 9.17) is 9.78 Å². The van der Waals surface area contributed by atoms with Crippen LogP contribution in [0.25, 0.3) is 0 Å². The highest BCUT2D eigenvalue weighted by atomic mass is 16.5. The molecule has 0 bridgehead atoms. The van der Waals surface area contributed by atoms with Gasteiger partial charge in [0.2, 0.25) is 0 Å². The second-order valence-electron chi connectivity index (χ2n) is 5.21. The van der Waals surface area contributed by atoms with Crippen LogP contribution in [0.3, 0.4) is 0 Å². The van der Waals surface area contributed by atoms with Crippen LogP contribution >= 0.6 is 0 Å². The lowest BCUT2D eigenvalue weighted by Crippen LogP contribution is -2.30. The highest BCUT2D eigenvalue weighted by Crippen LogP contribution is 2.32. The zero-order valence-corrected chi connectivity index (χ0v) is 11.7. The molecule has 0 saturated carbocycles. The lowest BCUT2D eigenvalue weighted by molar-refractivity contribution is 0.0731. The molecule has 1 amide bonds. The molecule has 1 aliphatic heterocycles. The molecular weight excluding hydrogens is 266 g/mol. The third kappa shape index (κ3) is 2.52. The average molecular weight is 281 g/mol. The summed E-state index contributed by atoms with van der Waals surface area (Å²) in [5, 5.41) is 13.0. The van der Waals surface area contributed by atoms with Gasteiger partial charge in [-0.25, -0.2) is 0 Å². The number of hydrogen-bond donors (Lipinski definition) is 0. The Morgan fingerprint density at radius 2 is 2.33 bits per heavy atom. The first-order valence-electron chi connectivity index (χ1n) is 6.93. The van der Waals surface area contributed by atoms with E-state index in [1.807, 2.05) is 17.9 Å². The number of hydrogen-bond acceptors (Lipinski definition) is 4. The number of rotatable bonds is 2. The molecule has 5 heteroatoms. The van der Waals surface area contributed by atoms with E-state index < -0.39 is 0 Å². The molecule has 5 nitrogen and oxygen atoms in total. The number of benzene rings is 1. The maximum Gasteiger partial charge on any atom is 0.254 e. The van der Waals surface area contributed by atoms with E-state index in [9.17, 15) is 4.79 Å². The Hall–Kier alpha value is -2.61. The van der Waals surface area contributed by atoms with Gasteiger partial charge >= 0.3 is 0 Å². The molecule has 1 unspecified atom stereocenters. The van der Waals surface area contributed by atoms with Crippen molar-refractivity contribution in [3.8, 4) is 6.07 Å². The van der Waals surface area contributed by atoms with E-state index in [2.05, 4.69) is 11.2 Å². The van der Waals surface area contributed by atoms with Gasteiger partial charge in [-0.3, -0.25) is 4.79 Å². The van der Waals surface area contributed by atoms with Crippen molar-refractivity contribution in [1.82, 2.24) is 10.1 Å². The van der Waals surface area contributed by atoms with Crippen molar-refractivity contribution in [2.24, 2.45) is 0 Å². The minimum absolute atomic E-state index is 0.0410. The van der Waals surface area contributed by atoms with Gasteiger partial charge in [0.15, 0.2) is 0 Å². The molecule has 1 fully saturated rings. The first-order chi connectivity index (χ1) is 10.2.